The molecule has 1 aliphatic carbocycles. The average Bonchev–Trinajstić information content (AvgIpc) is 2.35. The molecule has 1 N–H and O–H groups in total. The van der Waals surface area contributed by atoms with Crippen molar-refractivity contribution < 1.29 is 17.6 Å². The maximum atomic E-state index is 13.5. The molecule has 0 bridgehead atoms. The van der Waals surface area contributed by atoms with Gasteiger partial charge in [0.15, 0.2) is 0 Å². The van der Waals surface area contributed by atoms with E-state index in [2.05, 4.69) is 21.2 Å². The van der Waals surface area contributed by atoms with Crippen LogP contribution in [0.5, 0.6) is 0 Å². The highest BCUT2D eigenvalue weighted by Gasteiger charge is 2.45. The van der Waals surface area contributed by atoms with Crippen LogP contribution in [0.25, 0.3) is 0 Å². The van der Waals surface area contributed by atoms with Gasteiger partial charge in [0.1, 0.15) is 5.82 Å². The highest BCUT2D eigenvalue weighted by Crippen LogP contribution is 2.39. The molecule has 1 aromatic carbocycles. The average molecular weight is 354 g/mol. The standard InChI is InChI=1S/C14H16BrF4N/c1-8-6-10(15)11(16)7-13(8)20-12-5-3-2-4-9(12)14(17,18)19/h6-7,9,12,20H,2-5H2,1H3. The van der Waals surface area contributed by atoms with E-state index in [0.29, 0.717) is 23.0 Å². The molecule has 0 amide bonds. The molecule has 1 saturated carbocycles. The summed E-state index contributed by atoms with van der Waals surface area (Å²) in [5.41, 5.74) is 1.16. The molecule has 0 radical (unpaired) electrons. The number of halogens is 5. The second-order valence-electron chi connectivity index (χ2n) is 5.26. The number of anilines is 1. The van der Waals surface area contributed by atoms with E-state index in [1.165, 1.54) is 6.07 Å². The second kappa shape index (κ2) is 5.92. The van der Waals surface area contributed by atoms with E-state index in [-0.39, 0.29) is 6.42 Å². The molecule has 2 atom stereocenters. The molecule has 0 spiro atoms. The molecule has 1 aliphatic rings. The summed E-state index contributed by atoms with van der Waals surface area (Å²) in [5.74, 6) is -1.83. The summed E-state index contributed by atoms with van der Waals surface area (Å²) < 4.78 is 52.9. The van der Waals surface area contributed by atoms with Gasteiger partial charge in [-0.25, -0.2) is 4.39 Å². The van der Waals surface area contributed by atoms with Crippen molar-refractivity contribution in [2.75, 3.05) is 5.32 Å². The molecule has 20 heavy (non-hydrogen) atoms. The first kappa shape index (κ1) is 15.6. The summed E-state index contributed by atoms with van der Waals surface area (Å²) in [5, 5.41) is 2.89. The Bertz CT molecular complexity index is 487. The van der Waals surface area contributed by atoms with Crippen LogP contribution in [-0.4, -0.2) is 12.2 Å². The second-order valence-corrected chi connectivity index (χ2v) is 6.12. The van der Waals surface area contributed by atoms with Gasteiger partial charge >= 0.3 is 6.18 Å². The topological polar surface area (TPSA) is 12.0 Å². The molecule has 2 unspecified atom stereocenters. The lowest BCUT2D eigenvalue weighted by molar-refractivity contribution is -0.184. The molecule has 0 aliphatic heterocycles. The van der Waals surface area contributed by atoms with E-state index >= 15 is 0 Å². The lowest BCUT2D eigenvalue weighted by Gasteiger charge is -2.34. The van der Waals surface area contributed by atoms with Gasteiger partial charge in [-0.3, -0.25) is 0 Å². The minimum atomic E-state index is -4.21. The fraction of sp³-hybridized carbons (Fsp3) is 0.571. The first-order valence-corrected chi connectivity index (χ1v) is 7.37. The summed E-state index contributed by atoms with van der Waals surface area (Å²) in [4.78, 5) is 0. The minimum absolute atomic E-state index is 0.138. The van der Waals surface area contributed by atoms with Gasteiger partial charge in [0.25, 0.3) is 0 Å². The minimum Gasteiger partial charge on any atom is -0.381 e. The van der Waals surface area contributed by atoms with Crippen LogP contribution in [-0.2, 0) is 0 Å². The van der Waals surface area contributed by atoms with E-state index in [9.17, 15) is 17.6 Å². The van der Waals surface area contributed by atoms with Crippen molar-refractivity contribution in [3.05, 3.63) is 28.0 Å². The van der Waals surface area contributed by atoms with Gasteiger partial charge < -0.3 is 5.32 Å². The summed E-state index contributed by atoms with van der Waals surface area (Å²) >= 11 is 3.07. The Balaban J connectivity index is 2.21. The fourth-order valence-corrected chi connectivity index (χ4v) is 3.15. The number of hydrogen-bond acceptors (Lipinski definition) is 1. The fourth-order valence-electron chi connectivity index (χ4n) is 2.70. The lowest BCUT2D eigenvalue weighted by atomic mass is 9.83. The molecule has 6 heteroatoms. The van der Waals surface area contributed by atoms with Crippen LogP contribution in [0.2, 0.25) is 0 Å². The van der Waals surface area contributed by atoms with Crippen LogP contribution in [0, 0.1) is 18.7 Å². The molecule has 1 fully saturated rings. The molecule has 112 valence electrons. The monoisotopic (exact) mass is 353 g/mol. The summed E-state index contributed by atoms with van der Waals surface area (Å²) in [7, 11) is 0. The van der Waals surface area contributed by atoms with Gasteiger partial charge in [0.2, 0.25) is 0 Å². The smallest absolute Gasteiger partial charge is 0.381 e. The Labute approximate surface area is 123 Å². The van der Waals surface area contributed by atoms with Gasteiger partial charge in [-0.15, -0.1) is 0 Å². The number of benzene rings is 1. The largest absolute Gasteiger partial charge is 0.393 e. The molecular weight excluding hydrogens is 338 g/mol. The molecule has 2 rings (SSSR count). The van der Waals surface area contributed by atoms with Gasteiger partial charge in [-0.1, -0.05) is 12.8 Å². The van der Waals surface area contributed by atoms with Crippen LogP contribution in [0.4, 0.5) is 23.2 Å². The third kappa shape index (κ3) is 3.45. The first-order valence-electron chi connectivity index (χ1n) is 6.58. The maximum absolute atomic E-state index is 13.5. The van der Waals surface area contributed by atoms with Crippen LogP contribution >= 0.6 is 15.9 Å². The predicted octanol–water partition coefficient (Wildman–Crippen LogP) is 5.43. The van der Waals surface area contributed by atoms with Crippen molar-refractivity contribution in [3.8, 4) is 0 Å². The zero-order valence-corrected chi connectivity index (χ0v) is 12.6. The number of rotatable bonds is 2. The quantitative estimate of drug-likeness (QED) is 0.699. The normalized spacial score (nSPS) is 23.7. The van der Waals surface area contributed by atoms with E-state index in [1.807, 2.05) is 0 Å². The predicted molar refractivity (Wildman–Crippen MR) is 74.3 cm³/mol. The van der Waals surface area contributed by atoms with Crippen LogP contribution in [0.1, 0.15) is 31.2 Å². The SMILES string of the molecule is Cc1cc(Br)c(F)cc1NC1CCCCC1C(F)(F)F. The van der Waals surface area contributed by atoms with E-state index in [1.54, 1.807) is 13.0 Å². The highest BCUT2D eigenvalue weighted by atomic mass is 79.9. The Morgan fingerprint density at radius 1 is 1.20 bits per heavy atom. The van der Waals surface area contributed by atoms with Crippen molar-refractivity contribution in [1.82, 2.24) is 0 Å². The summed E-state index contributed by atoms with van der Waals surface area (Å²) in [6.45, 7) is 1.75. The highest BCUT2D eigenvalue weighted by molar-refractivity contribution is 9.10. The lowest BCUT2D eigenvalue weighted by Crippen LogP contribution is -2.41. The molecule has 0 aromatic heterocycles. The number of aryl methyl sites for hydroxylation is 1. The van der Waals surface area contributed by atoms with Gasteiger partial charge in [-0.2, -0.15) is 13.2 Å². The number of alkyl halides is 3. The summed E-state index contributed by atoms with van der Waals surface area (Å²) in [6, 6.07) is 2.15. The molecular formula is C14H16BrF4N. The third-order valence-electron chi connectivity index (χ3n) is 3.79. The number of hydrogen-bond donors (Lipinski definition) is 1. The molecule has 0 saturated heterocycles. The van der Waals surface area contributed by atoms with Gasteiger partial charge in [-0.05, 0) is 53.4 Å². The van der Waals surface area contributed by atoms with Crippen molar-refractivity contribution in [3.63, 3.8) is 0 Å². The number of nitrogens with one attached hydrogen (secondary N) is 1. The third-order valence-corrected chi connectivity index (χ3v) is 4.40. The van der Waals surface area contributed by atoms with Gasteiger partial charge in [0.05, 0.1) is 10.4 Å². The molecule has 1 nitrogen and oxygen atoms in total. The maximum Gasteiger partial charge on any atom is 0.393 e. The van der Waals surface area contributed by atoms with Crippen molar-refractivity contribution >= 4 is 21.6 Å². The van der Waals surface area contributed by atoms with E-state index in [0.717, 1.165) is 12.0 Å². The van der Waals surface area contributed by atoms with Crippen molar-refractivity contribution in [2.24, 2.45) is 5.92 Å². The van der Waals surface area contributed by atoms with Crippen LogP contribution in [0.3, 0.4) is 0 Å². The zero-order chi connectivity index (χ0) is 14.9. The van der Waals surface area contributed by atoms with Crippen LogP contribution < -0.4 is 5.32 Å². The molecule has 1 aromatic rings. The Morgan fingerprint density at radius 3 is 2.50 bits per heavy atom. The zero-order valence-electron chi connectivity index (χ0n) is 11.0. The van der Waals surface area contributed by atoms with E-state index < -0.39 is 24.0 Å². The van der Waals surface area contributed by atoms with Crippen molar-refractivity contribution in [1.29, 1.82) is 0 Å². The van der Waals surface area contributed by atoms with Gasteiger partial charge in [0, 0.05) is 11.7 Å². The first-order chi connectivity index (χ1) is 9.29. The molecule has 0 heterocycles. The Kier molecular flexibility index (Phi) is 4.62. The van der Waals surface area contributed by atoms with E-state index in [4.69, 9.17) is 0 Å². The summed E-state index contributed by atoms with van der Waals surface area (Å²) in [6.07, 6.45) is -2.25. The van der Waals surface area contributed by atoms with Crippen LogP contribution in [0.15, 0.2) is 16.6 Å². The Hall–Kier alpha value is -0.780. The van der Waals surface area contributed by atoms with Crippen molar-refractivity contribution in [2.45, 2.75) is 44.8 Å². The Morgan fingerprint density at radius 2 is 1.85 bits per heavy atom.